The smallest absolute Gasteiger partial charge is 0.118 e. The second-order valence-electron chi connectivity index (χ2n) is 8.45. The lowest BCUT2D eigenvalue weighted by molar-refractivity contribution is 0.414. The fraction of sp³-hybridized carbons (Fsp3) is 0.296. The third-order valence-electron chi connectivity index (χ3n) is 5.69. The molecule has 0 aliphatic heterocycles. The summed E-state index contributed by atoms with van der Waals surface area (Å²) in [6.07, 6.45) is 1.12. The van der Waals surface area contributed by atoms with Crippen LogP contribution in [0.2, 0.25) is 0 Å². The molecule has 3 aromatic carbocycles. The van der Waals surface area contributed by atoms with Gasteiger partial charge in [0.25, 0.3) is 0 Å². The highest BCUT2D eigenvalue weighted by atomic mass is 16.5. The van der Waals surface area contributed by atoms with Crippen LogP contribution in [0.25, 0.3) is 11.0 Å². The zero-order valence-electron chi connectivity index (χ0n) is 18.3. The molecule has 3 heteroatoms. The molecular formula is C27H30N2O. The zero-order chi connectivity index (χ0) is 21.1. The summed E-state index contributed by atoms with van der Waals surface area (Å²) in [5, 5.41) is 0. The molecule has 4 aromatic rings. The quantitative estimate of drug-likeness (QED) is 0.358. The van der Waals surface area contributed by atoms with Crippen molar-refractivity contribution < 1.29 is 4.74 Å². The van der Waals surface area contributed by atoms with Crippen molar-refractivity contribution in [3.63, 3.8) is 0 Å². The maximum atomic E-state index is 5.31. The minimum Gasteiger partial charge on any atom is -0.497 e. The van der Waals surface area contributed by atoms with Crippen LogP contribution in [0.15, 0.2) is 72.8 Å². The normalized spacial score (nSPS) is 12.4. The van der Waals surface area contributed by atoms with E-state index in [1.807, 2.05) is 12.1 Å². The SMILES string of the molecule is COc1ccc(Cn2c([C@@H](C)c3ccc(CC(C)C)cc3)nc3ccccc32)cc1. The average molecular weight is 399 g/mol. The molecule has 3 nitrogen and oxygen atoms in total. The molecule has 0 fully saturated rings. The van der Waals surface area contributed by atoms with Crippen molar-refractivity contribution in [1.29, 1.82) is 0 Å². The van der Waals surface area contributed by atoms with Gasteiger partial charge < -0.3 is 9.30 Å². The van der Waals surface area contributed by atoms with Crippen molar-refractivity contribution in [2.45, 2.75) is 39.7 Å². The molecule has 0 spiro atoms. The maximum Gasteiger partial charge on any atom is 0.118 e. The summed E-state index contributed by atoms with van der Waals surface area (Å²) in [6, 6.07) is 25.8. The molecule has 30 heavy (non-hydrogen) atoms. The number of benzene rings is 3. The molecule has 0 radical (unpaired) electrons. The van der Waals surface area contributed by atoms with Crippen molar-refractivity contribution in [3.05, 3.63) is 95.3 Å². The predicted octanol–water partition coefficient (Wildman–Crippen LogP) is 6.44. The van der Waals surface area contributed by atoms with Crippen LogP contribution in [0.1, 0.15) is 49.2 Å². The van der Waals surface area contributed by atoms with Crippen molar-refractivity contribution in [2.75, 3.05) is 7.11 Å². The highest BCUT2D eigenvalue weighted by molar-refractivity contribution is 5.76. The number of para-hydroxylation sites is 2. The van der Waals surface area contributed by atoms with Crippen molar-refractivity contribution in [1.82, 2.24) is 9.55 Å². The number of hydrogen-bond donors (Lipinski definition) is 0. The van der Waals surface area contributed by atoms with Crippen LogP contribution >= 0.6 is 0 Å². The van der Waals surface area contributed by atoms with Gasteiger partial charge in [0.15, 0.2) is 0 Å². The molecule has 1 heterocycles. The van der Waals surface area contributed by atoms with Gasteiger partial charge in [-0.3, -0.25) is 0 Å². The summed E-state index contributed by atoms with van der Waals surface area (Å²) in [6.45, 7) is 7.56. The number of fused-ring (bicyclic) bond motifs is 1. The maximum absolute atomic E-state index is 5.31. The number of rotatable bonds is 7. The van der Waals surface area contributed by atoms with Crippen LogP contribution in [0.5, 0.6) is 5.75 Å². The van der Waals surface area contributed by atoms with E-state index in [0.717, 1.165) is 30.1 Å². The Kier molecular flexibility index (Phi) is 5.89. The number of ether oxygens (including phenoxy) is 1. The van der Waals surface area contributed by atoms with Gasteiger partial charge in [-0.25, -0.2) is 4.98 Å². The minimum atomic E-state index is 0.212. The fourth-order valence-corrected chi connectivity index (χ4v) is 4.07. The largest absolute Gasteiger partial charge is 0.497 e. The van der Waals surface area contributed by atoms with E-state index in [9.17, 15) is 0 Å². The molecule has 0 saturated heterocycles. The molecule has 154 valence electrons. The summed E-state index contributed by atoms with van der Waals surface area (Å²) in [5.74, 6) is 2.86. The van der Waals surface area contributed by atoms with Crippen LogP contribution in [0.4, 0.5) is 0 Å². The Labute approximate surface area is 179 Å². The van der Waals surface area contributed by atoms with Crippen LogP contribution in [0, 0.1) is 5.92 Å². The number of aromatic nitrogens is 2. The molecule has 0 unspecified atom stereocenters. The molecule has 0 N–H and O–H groups in total. The Morgan fingerprint density at radius 2 is 1.50 bits per heavy atom. The van der Waals surface area contributed by atoms with Gasteiger partial charge in [0.1, 0.15) is 11.6 Å². The van der Waals surface area contributed by atoms with E-state index in [4.69, 9.17) is 9.72 Å². The fourth-order valence-electron chi connectivity index (χ4n) is 4.07. The lowest BCUT2D eigenvalue weighted by Crippen LogP contribution is -2.09. The van der Waals surface area contributed by atoms with E-state index < -0.39 is 0 Å². The van der Waals surface area contributed by atoms with Crippen molar-refractivity contribution in [3.8, 4) is 5.75 Å². The summed E-state index contributed by atoms with van der Waals surface area (Å²) in [5.41, 5.74) is 6.15. The lowest BCUT2D eigenvalue weighted by Gasteiger charge is -2.16. The van der Waals surface area contributed by atoms with E-state index >= 15 is 0 Å². The van der Waals surface area contributed by atoms with E-state index in [1.165, 1.54) is 22.2 Å². The number of nitrogens with zero attached hydrogens (tertiary/aromatic N) is 2. The Bertz CT molecular complexity index is 1110. The third-order valence-corrected chi connectivity index (χ3v) is 5.69. The molecule has 4 rings (SSSR count). The van der Waals surface area contributed by atoms with Crippen molar-refractivity contribution >= 4 is 11.0 Å². The third kappa shape index (κ3) is 4.25. The van der Waals surface area contributed by atoms with Gasteiger partial charge in [-0.05, 0) is 53.3 Å². The molecule has 0 aliphatic rings. The van der Waals surface area contributed by atoms with Gasteiger partial charge in [-0.2, -0.15) is 0 Å². The van der Waals surface area contributed by atoms with Crippen LogP contribution in [-0.2, 0) is 13.0 Å². The molecule has 1 aromatic heterocycles. The van der Waals surface area contributed by atoms with Crippen LogP contribution < -0.4 is 4.74 Å². The Morgan fingerprint density at radius 3 is 2.17 bits per heavy atom. The first kappa shape index (κ1) is 20.2. The summed E-state index contributed by atoms with van der Waals surface area (Å²) >= 11 is 0. The minimum absolute atomic E-state index is 0.212. The topological polar surface area (TPSA) is 27.1 Å². The van der Waals surface area contributed by atoms with Gasteiger partial charge in [0.2, 0.25) is 0 Å². The first-order valence-corrected chi connectivity index (χ1v) is 10.7. The van der Waals surface area contributed by atoms with Gasteiger partial charge >= 0.3 is 0 Å². The molecule has 0 bridgehead atoms. The summed E-state index contributed by atoms with van der Waals surface area (Å²) in [7, 11) is 1.70. The monoisotopic (exact) mass is 398 g/mol. The second-order valence-corrected chi connectivity index (χ2v) is 8.45. The van der Waals surface area contributed by atoms with E-state index in [2.05, 4.69) is 86.0 Å². The zero-order valence-corrected chi connectivity index (χ0v) is 18.3. The second kappa shape index (κ2) is 8.74. The highest BCUT2D eigenvalue weighted by Crippen LogP contribution is 2.29. The van der Waals surface area contributed by atoms with Gasteiger partial charge in [-0.15, -0.1) is 0 Å². The van der Waals surface area contributed by atoms with E-state index in [-0.39, 0.29) is 5.92 Å². The molecule has 0 amide bonds. The first-order chi connectivity index (χ1) is 14.5. The van der Waals surface area contributed by atoms with E-state index in [0.29, 0.717) is 5.92 Å². The molecular weight excluding hydrogens is 368 g/mol. The first-order valence-electron chi connectivity index (χ1n) is 10.7. The molecule has 1 atom stereocenters. The van der Waals surface area contributed by atoms with Crippen LogP contribution in [-0.4, -0.2) is 16.7 Å². The van der Waals surface area contributed by atoms with Gasteiger partial charge in [0, 0.05) is 12.5 Å². The van der Waals surface area contributed by atoms with E-state index in [1.54, 1.807) is 7.11 Å². The van der Waals surface area contributed by atoms with Crippen molar-refractivity contribution in [2.24, 2.45) is 5.92 Å². The van der Waals surface area contributed by atoms with Crippen LogP contribution in [0.3, 0.4) is 0 Å². The Morgan fingerprint density at radius 1 is 0.833 bits per heavy atom. The Hall–Kier alpha value is -3.07. The molecule has 0 aliphatic carbocycles. The number of imidazole rings is 1. The Balaban J connectivity index is 1.69. The van der Waals surface area contributed by atoms with Gasteiger partial charge in [-0.1, -0.05) is 69.3 Å². The highest BCUT2D eigenvalue weighted by Gasteiger charge is 2.18. The number of hydrogen-bond acceptors (Lipinski definition) is 2. The summed E-state index contributed by atoms with van der Waals surface area (Å²) < 4.78 is 7.66. The average Bonchev–Trinajstić information content (AvgIpc) is 3.12. The number of methoxy groups -OCH3 is 1. The van der Waals surface area contributed by atoms with Gasteiger partial charge in [0.05, 0.1) is 18.1 Å². The standard InChI is InChI=1S/C27H30N2O/c1-19(2)17-21-9-13-23(14-10-21)20(3)27-28-25-7-5-6-8-26(25)29(27)18-22-11-15-24(30-4)16-12-22/h5-16,19-20H,17-18H2,1-4H3/t20-/m0/s1. The predicted molar refractivity (Wildman–Crippen MR) is 124 cm³/mol. The molecule has 0 saturated carbocycles. The summed E-state index contributed by atoms with van der Waals surface area (Å²) in [4.78, 5) is 5.03. The lowest BCUT2D eigenvalue weighted by atomic mass is 9.96.